The maximum atomic E-state index is 10.4. The molecule has 0 bridgehead atoms. The Hall–Kier alpha value is -0.950. The number of carbonyl (C=O) groups excluding carboxylic acids is 1. The van der Waals surface area contributed by atoms with E-state index in [1.807, 2.05) is 0 Å². The quantitative estimate of drug-likeness (QED) is 0.667. The molecule has 0 rings (SSSR count). The van der Waals surface area contributed by atoms with Gasteiger partial charge in [0.1, 0.15) is 6.61 Å². The fraction of sp³-hybridized carbons (Fsp3) is 0.571. The van der Waals surface area contributed by atoms with E-state index in [4.69, 9.17) is 22.1 Å². The molecule has 0 heterocycles. The van der Waals surface area contributed by atoms with Crippen molar-refractivity contribution in [3.63, 3.8) is 0 Å². The summed E-state index contributed by atoms with van der Waals surface area (Å²) in [5.74, 6) is -0.0239. The molecule has 0 aliphatic rings. The molecule has 82 valence electrons. The lowest BCUT2D eigenvalue weighted by Crippen LogP contribution is -2.24. The summed E-state index contributed by atoms with van der Waals surface area (Å²) in [4.78, 5) is 12.0. The molecule has 0 amide bonds. The second kappa shape index (κ2) is 8.64. The number of Topliss-reactive ketones (excluding diaryl/α,β-unsaturated/α-hetero) is 1. The number of hydrogen-bond acceptors (Lipinski definition) is 4. The van der Waals surface area contributed by atoms with Gasteiger partial charge in [-0.1, -0.05) is 0 Å². The average Bonchev–Trinajstić information content (AvgIpc) is 1.98. The van der Waals surface area contributed by atoms with Gasteiger partial charge in [0.15, 0.2) is 5.78 Å². The monoisotopic (exact) mass is 238 g/mol. The van der Waals surface area contributed by atoms with E-state index in [-0.39, 0.29) is 12.4 Å². The van der Waals surface area contributed by atoms with Gasteiger partial charge >= 0.3 is 0 Å². The lowest BCUT2D eigenvalue weighted by molar-refractivity contribution is -0.119. The third kappa shape index (κ3) is 17.2. The maximum absolute atomic E-state index is 10.4. The summed E-state index contributed by atoms with van der Waals surface area (Å²) in [7, 11) is 3.53. The standard InChI is InChI=1S/C6H11NO2S.CH3NOS/c1-5(8)4-9-6(10)7(2)3;2-1(3)4/h4H2,1-3H3;(H3,2,3,4). The number of ether oxygens (including phenoxy) is 1. The summed E-state index contributed by atoms with van der Waals surface area (Å²) in [5, 5.41) is 7.41. The number of rotatable bonds is 2. The third-order valence-corrected chi connectivity index (χ3v) is 1.25. The van der Waals surface area contributed by atoms with Crippen LogP contribution in [0.2, 0.25) is 0 Å². The van der Waals surface area contributed by atoms with Crippen molar-refractivity contribution in [1.82, 2.24) is 4.90 Å². The number of nitrogens with zero attached hydrogens (tertiary/aromatic N) is 1. The lowest BCUT2D eigenvalue weighted by Gasteiger charge is -2.12. The molecule has 0 aromatic heterocycles. The van der Waals surface area contributed by atoms with Gasteiger partial charge in [0.05, 0.1) is 0 Å². The Morgan fingerprint density at radius 2 is 1.86 bits per heavy atom. The van der Waals surface area contributed by atoms with Crippen LogP contribution in [0.15, 0.2) is 0 Å². The van der Waals surface area contributed by atoms with E-state index in [1.54, 1.807) is 19.0 Å². The van der Waals surface area contributed by atoms with Gasteiger partial charge in [-0.25, -0.2) is 0 Å². The zero-order valence-electron chi connectivity index (χ0n) is 8.31. The zero-order chi connectivity index (χ0) is 11.7. The van der Waals surface area contributed by atoms with Crippen LogP contribution in [-0.2, 0) is 9.53 Å². The average molecular weight is 238 g/mol. The highest BCUT2D eigenvalue weighted by atomic mass is 32.1. The van der Waals surface area contributed by atoms with Crippen molar-refractivity contribution < 1.29 is 14.6 Å². The molecule has 0 spiro atoms. The summed E-state index contributed by atoms with van der Waals surface area (Å²) in [6, 6.07) is 0. The van der Waals surface area contributed by atoms with Crippen molar-refractivity contribution in [2.45, 2.75) is 6.92 Å². The first-order valence-corrected chi connectivity index (χ1v) is 4.41. The Morgan fingerprint density at radius 3 is 2.07 bits per heavy atom. The van der Waals surface area contributed by atoms with Gasteiger partial charge in [0, 0.05) is 14.1 Å². The molecule has 0 aromatic rings. The molecular weight excluding hydrogens is 224 g/mol. The summed E-state index contributed by atoms with van der Waals surface area (Å²) < 4.78 is 4.87. The van der Waals surface area contributed by atoms with E-state index in [0.717, 1.165) is 0 Å². The highest BCUT2D eigenvalue weighted by Crippen LogP contribution is 1.86. The second-order valence-corrected chi connectivity index (χ2v) is 3.26. The predicted octanol–water partition coefficient (Wildman–Crippen LogP) is 0.226. The Labute approximate surface area is 93.8 Å². The Kier molecular flexibility index (Phi) is 9.58. The van der Waals surface area contributed by atoms with Crippen LogP contribution in [0.1, 0.15) is 6.92 Å². The van der Waals surface area contributed by atoms with Crippen LogP contribution in [0.4, 0.5) is 0 Å². The normalized spacial score (nSPS) is 7.93. The van der Waals surface area contributed by atoms with E-state index >= 15 is 0 Å². The van der Waals surface area contributed by atoms with Gasteiger partial charge in [-0.2, -0.15) is 0 Å². The van der Waals surface area contributed by atoms with Gasteiger partial charge in [0.25, 0.3) is 10.3 Å². The summed E-state index contributed by atoms with van der Waals surface area (Å²) >= 11 is 8.62. The van der Waals surface area contributed by atoms with Crippen molar-refractivity contribution in [2.75, 3.05) is 20.7 Å². The van der Waals surface area contributed by atoms with Crippen LogP contribution in [0.5, 0.6) is 0 Å². The van der Waals surface area contributed by atoms with Crippen molar-refractivity contribution in [3.05, 3.63) is 0 Å². The molecule has 0 atom stereocenters. The first kappa shape index (κ1) is 15.5. The molecule has 0 aliphatic heterocycles. The number of hydrogen-bond donors (Lipinski definition) is 2. The number of aliphatic hydroxyl groups excluding tert-OH is 1. The number of ketones is 1. The minimum atomic E-state index is -0.500. The SMILES string of the molecule is CC(=O)COC(=S)N(C)C.NC(O)=S. The van der Waals surface area contributed by atoms with Gasteiger partial charge in [-0.05, 0) is 31.4 Å². The van der Waals surface area contributed by atoms with Gasteiger partial charge in [-0.15, -0.1) is 0 Å². The molecular formula is C7H14N2O3S2. The van der Waals surface area contributed by atoms with E-state index in [9.17, 15) is 4.79 Å². The predicted molar refractivity (Wildman–Crippen MR) is 62.3 cm³/mol. The summed E-state index contributed by atoms with van der Waals surface area (Å²) in [6.07, 6.45) is 0. The summed E-state index contributed by atoms with van der Waals surface area (Å²) in [6.45, 7) is 1.52. The highest BCUT2D eigenvalue weighted by Gasteiger charge is 2.00. The van der Waals surface area contributed by atoms with Crippen LogP contribution in [-0.4, -0.2) is 46.8 Å². The Balaban J connectivity index is 0. The van der Waals surface area contributed by atoms with E-state index in [0.29, 0.717) is 5.17 Å². The van der Waals surface area contributed by atoms with Crippen LogP contribution >= 0.6 is 24.4 Å². The molecule has 0 aliphatic carbocycles. The number of aliphatic hydroxyl groups is 1. The minimum absolute atomic E-state index is 0.0239. The zero-order valence-corrected chi connectivity index (χ0v) is 9.94. The maximum Gasteiger partial charge on any atom is 0.259 e. The largest absolute Gasteiger partial charge is 0.487 e. The Morgan fingerprint density at radius 1 is 1.50 bits per heavy atom. The van der Waals surface area contributed by atoms with E-state index in [2.05, 4.69) is 18.0 Å². The summed E-state index contributed by atoms with van der Waals surface area (Å²) in [5.41, 5.74) is 4.40. The molecule has 14 heavy (non-hydrogen) atoms. The second-order valence-electron chi connectivity index (χ2n) is 2.49. The first-order valence-electron chi connectivity index (χ1n) is 3.59. The van der Waals surface area contributed by atoms with Gasteiger partial charge in [-0.3, -0.25) is 4.79 Å². The minimum Gasteiger partial charge on any atom is -0.487 e. The number of thiocarbonyl (C=S) groups is 2. The molecule has 7 heteroatoms. The molecule has 0 saturated carbocycles. The van der Waals surface area contributed by atoms with Crippen molar-refractivity contribution in [1.29, 1.82) is 0 Å². The molecule has 0 unspecified atom stereocenters. The van der Waals surface area contributed by atoms with Crippen LogP contribution in [0.3, 0.4) is 0 Å². The third-order valence-electron chi connectivity index (χ3n) is 0.764. The van der Waals surface area contributed by atoms with Gasteiger partial charge in [0.2, 0.25) is 0 Å². The molecule has 0 saturated heterocycles. The highest BCUT2D eigenvalue weighted by molar-refractivity contribution is 7.80. The van der Waals surface area contributed by atoms with Crippen LogP contribution < -0.4 is 5.73 Å². The first-order chi connectivity index (χ1) is 6.27. The smallest absolute Gasteiger partial charge is 0.259 e. The topological polar surface area (TPSA) is 75.8 Å². The molecule has 3 N–H and O–H groups in total. The number of nitrogens with two attached hydrogens (primary N) is 1. The molecule has 0 aromatic carbocycles. The van der Waals surface area contributed by atoms with E-state index in [1.165, 1.54) is 6.92 Å². The van der Waals surface area contributed by atoms with Crippen LogP contribution in [0.25, 0.3) is 0 Å². The van der Waals surface area contributed by atoms with Crippen molar-refractivity contribution in [3.8, 4) is 0 Å². The Bertz CT molecular complexity index is 215. The lowest BCUT2D eigenvalue weighted by atomic mass is 10.5. The molecule has 0 fully saturated rings. The van der Waals surface area contributed by atoms with Crippen LogP contribution in [0, 0.1) is 0 Å². The van der Waals surface area contributed by atoms with Crippen molar-refractivity contribution in [2.24, 2.45) is 5.73 Å². The number of carbonyl (C=O) groups is 1. The molecule has 5 nitrogen and oxygen atoms in total. The fourth-order valence-electron chi connectivity index (χ4n) is 0.292. The van der Waals surface area contributed by atoms with E-state index < -0.39 is 5.17 Å². The fourth-order valence-corrected chi connectivity index (χ4v) is 0.351. The molecule has 0 radical (unpaired) electrons. The van der Waals surface area contributed by atoms with Crippen molar-refractivity contribution >= 4 is 40.6 Å². The van der Waals surface area contributed by atoms with Gasteiger partial charge < -0.3 is 20.5 Å².